The highest BCUT2D eigenvalue weighted by Crippen LogP contribution is 2.29. The van der Waals surface area contributed by atoms with Gasteiger partial charge in [0.2, 0.25) is 15.9 Å². The van der Waals surface area contributed by atoms with Gasteiger partial charge in [-0.3, -0.25) is 9.36 Å². The predicted octanol–water partition coefficient (Wildman–Crippen LogP) is 3.27. The van der Waals surface area contributed by atoms with Crippen LogP contribution >= 0.6 is 0 Å². The Morgan fingerprint density at radius 2 is 1.80 bits per heavy atom. The summed E-state index contributed by atoms with van der Waals surface area (Å²) in [5, 5.41) is 3.03. The molecule has 4 aromatic rings. The fourth-order valence-corrected chi connectivity index (χ4v) is 5.54. The van der Waals surface area contributed by atoms with Crippen molar-refractivity contribution < 1.29 is 17.6 Å². The van der Waals surface area contributed by atoms with Crippen molar-refractivity contribution in [2.45, 2.75) is 43.3 Å². The molecule has 0 unspecified atom stereocenters. The number of amides is 1. The molecule has 0 aliphatic heterocycles. The number of hydrogen-bond donors (Lipinski definition) is 2. The van der Waals surface area contributed by atoms with Gasteiger partial charge in [-0.1, -0.05) is 54.6 Å². The minimum Gasteiger partial charge on any atom is -0.408 e. The van der Waals surface area contributed by atoms with E-state index in [2.05, 4.69) is 16.1 Å². The number of hydrogen-bond acceptors (Lipinski definition) is 5. The lowest BCUT2D eigenvalue weighted by atomic mass is 9.88. The SMILES string of the molecule is O=C(Cn1c(=O)oc2cc(S(=O)(=O)NCc3ccccc3)ccc21)N[C@H]1CCCc2ccccc21. The van der Waals surface area contributed by atoms with Crippen molar-refractivity contribution in [2.75, 3.05) is 0 Å². The molecule has 0 bridgehead atoms. The number of nitrogens with one attached hydrogen (secondary N) is 2. The van der Waals surface area contributed by atoms with Crippen LogP contribution in [0.1, 0.15) is 35.6 Å². The topological polar surface area (TPSA) is 110 Å². The number of sulfonamides is 1. The number of rotatable bonds is 7. The molecule has 1 aliphatic rings. The second-order valence-corrected chi connectivity index (χ2v) is 10.4. The van der Waals surface area contributed by atoms with Gasteiger partial charge in [-0.05, 0) is 48.1 Å². The van der Waals surface area contributed by atoms with E-state index in [1.165, 1.54) is 28.3 Å². The number of fused-ring (bicyclic) bond motifs is 2. The molecule has 1 heterocycles. The maximum Gasteiger partial charge on any atom is 0.420 e. The Labute approximate surface area is 202 Å². The third-order valence-electron chi connectivity index (χ3n) is 6.27. The van der Waals surface area contributed by atoms with Gasteiger partial charge in [0, 0.05) is 12.6 Å². The second kappa shape index (κ2) is 9.52. The first-order chi connectivity index (χ1) is 16.9. The van der Waals surface area contributed by atoms with Gasteiger partial charge in [0.15, 0.2) is 5.58 Å². The highest BCUT2D eigenvalue weighted by Gasteiger charge is 2.23. The second-order valence-electron chi connectivity index (χ2n) is 8.60. The molecular weight excluding hydrogens is 466 g/mol. The van der Waals surface area contributed by atoms with Crippen LogP contribution in [0.5, 0.6) is 0 Å². The highest BCUT2D eigenvalue weighted by molar-refractivity contribution is 7.89. The van der Waals surface area contributed by atoms with E-state index >= 15 is 0 Å². The lowest BCUT2D eigenvalue weighted by molar-refractivity contribution is -0.122. The fraction of sp³-hybridized carbons (Fsp3) is 0.231. The van der Waals surface area contributed by atoms with Gasteiger partial charge in [-0.2, -0.15) is 0 Å². The number of carbonyl (C=O) groups excluding carboxylic acids is 1. The quantitative estimate of drug-likeness (QED) is 0.412. The van der Waals surface area contributed by atoms with Crippen LogP contribution in [-0.2, 0) is 34.3 Å². The number of nitrogens with zero attached hydrogens (tertiary/aromatic N) is 1. The molecule has 1 aliphatic carbocycles. The molecule has 3 aromatic carbocycles. The van der Waals surface area contributed by atoms with Gasteiger partial charge in [-0.25, -0.2) is 17.9 Å². The largest absolute Gasteiger partial charge is 0.420 e. The summed E-state index contributed by atoms with van der Waals surface area (Å²) in [5.41, 5.74) is 3.62. The van der Waals surface area contributed by atoms with E-state index in [1.54, 1.807) is 0 Å². The average Bonchev–Trinajstić information content (AvgIpc) is 3.17. The zero-order valence-electron chi connectivity index (χ0n) is 18.9. The third-order valence-corrected chi connectivity index (χ3v) is 7.66. The lowest BCUT2D eigenvalue weighted by Gasteiger charge is -2.26. The molecule has 0 fully saturated rings. The van der Waals surface area contributed by atoms with Gasteiger partial charge in [0.1, 0.15) is 6.54 Å². The normalized spacial score (nSPS) is 15.6. The molecule has 35 heavy (non-hydrogen) atoms. The van der Waals surface area contributed by atoms with Crippen LogP contribution in [0.4, 0.5) is 0 Å². The number of aromatic nitrogens is 1. The van der Waals surface area contributed by atoms with Crippen LogP contribution in [0.2, 0.25) is 0 Å². The van der Waals surface area contributed by atoms with Crippen molar-refractivity contribution in [1.29, 1.82) is 0 Å². The molecule has 1 atom stereocenters. The van der Waals surface area contributed by atoms with Crippen LogP contribution in [0.25, 0.3) is 11.1 Å². The molecule has 0 saturated heterocycles. The Morgan fingerprint density at radius 3 is 2.63 bits per heavy atom. The average molecular weight is 492 g/mol. The highest BCUT2D eigenvalue weighted by atomic mass is 32.2. The van der Waals surface area contributed by atoms with E-state index in [4.69, 9.17) is 4.42 Å². The molecule has 8 nitrogen and oxygen atoms in total. The monoisotopic (exact) mass is 491 g/mol. The van der Waals surface area contributed by atoms with Crippen LogP contribution in [0.15, 0.2) is 86.9 Å². The molecule has 180 valence electrons. The van der Waals surface area contributed by atoms with Gasteiger partial charge in [0.25, 0.3) is 0 Å². The van der Waals surface area contributed by atoms with E-state index < -0.39 is 15.8 Å². The van der Waals surface area contributed by atoms with Crippen molar-refractivity contribution >= 4 is 27.0 Å². The number of benzene rings is 3. The maximum atomic E-state index is 12.8. The minimum absolute atomic E-state index is 0.0231. The summed E-state index contributed by atoms with van der Waals surface area (Å²) in [7, 11) is -3.82. The molecule has 1 aromatic heterocycles. The first kappa shape index (κ1) is 23.1. The maximum absolute atomic E-state index is 12.8. The zero-order chi connectivity index (χ0) is 24.4. The number of oxazole rings is 1. The van der Waals surface area contributed by atoms with E-state index in [9.17, 15) is 18.0 Å². The minimum atomic E-state index is -3.82. The Kier molecular flexibility index (Phi) is 6.27. The molecule has 1 amide bonds. The standard InChI is InChI=1S/C26H25N3O5S/c30-25(28-22-12-6-10-19-9-4-5-11-21(19)22)17-29-23-14-13-20(15-24(23)34-26(29)31)35(32,33)27-16-18-7-2-1-3-8-18/h1-5,7-9,11,13-15,22,27H,6,10,12,16-17H2,(H,28,30)/t22-/m0/s1. The smallest absolute Gasteiger partial charge is 0.408 e. The van der Waals surface area contributed by atoms with Crippen LogP contribution in [0, 0.1) is 0 Å². The molecule has 0 saturated carbocycles. The van der Waals surface area contributed by atoms with Crippen molar-refractivity contribution in [2.24, 2.45) is 0 Å². The lowest BCUT2D eigenvalue weighted by Crippen LogP contribution is -2.35. The summed E-state index contributed by atoms with van der Waals surface area (Å²) in [6.07, 6.45) is 2.80. The van der Waals surface area contributed by atoms with Crippen molar-refractivity contribution in [3.63, 3.8) is 0 Å². The van der Waals surface area contributed by atoms with Crippen LogP contribution in [-0.4, -0.2) is 18.9 Å². The molecule has 0 radical (unpaired) electrons. The first-order valence-electron chi connectivity index (χ1n) is 11.4. The van der Waals surface area contributed by atoms with E-state index in [-0.39, 0.29) is 35.5 Å². The zero-order valence-corrected chi connectivity index (χ0v) is 19.8. The molecule has 0 spiro atoms. The summed E-state index contributed by atoms with van der Waals surface area (Å²) < 4.78 is 34.5. The Morgan fingerprint density at radius 1 is 1.03 bits per heavy atom. The van der Waals surface area contributed by atoms with Gasteiger partial charge in [-0.15, -0.1) is 0 Å². The van der Waals surface area contributed by atoms with Crippen LogP contribution < -0.4 is 15.8 Å². The van der Waals surface area contributed by atoms with Crippen LogP contribution in [0.3, 0.4) is 0 Å². The molecular formula is C26H25N3O5S. The summed E-state index contributed by atoms with van der Waals surface area (Å²) in [6.45, 7) is -0.0838. The summed E-state index contributed by atoms with van der Waals surface area (Å²) >= 11 is 0. The summed E-state index contributed by atoms with van der Waals surface area (Å²) in [5.74, 6) is -1.02. The third kappa shape index (κ3) is 4.91. The van der Waals surface area contributed by atoms with Gasteiger partial charge in [0.05, 0.1) is 16.5 Å². The molecule has 2 N–H and O–H groups in total. The summed E-state index contributed by atoms with van der Waals surface area (Å²) in [6, 6.07) is 21.3. The van der Waals surface area contributed by atoms with Crippen molar-refractivity contribution in [3.8, 4) is 0 Å². The van der Waals surface area contributed by atoms with Gasteiger partial charge >= 0.3 is 5.76 Å². The Hall–Kier alpha value is -3.69. The number of carbonyl (C=O) groups is 1. The molecule has 9 heteroatoms. The Balaban J connectivity index is 1.32. The van der Waals surface area contributed by atoms with Crippen molar-refractivity contribution in [3.05, 3.63) is 100 Å². The first-order valence-corrected chi connectivity index (χ1v) is 12.9. The van der Waals surface area contributed by atoms with E-state index in [0.717, 1.165) is 30.4 Å². The van der Waals surface area contributed by atoms with E-state index in [0.29, 0.717) is 5.52 Å². The van der Waals surface area contributed by atoms with E-state index in [1.807, 2.05) is 48.5 Å². The van der Waals surface area contributed by atoms with Crippen molar-refractivity contribution in [1.82, 2.24) is 14.6 Å². The summed E-state index contributed by atoms with van der Waals surface area (Å²) in [4.78, 5) is 25.3. The molecule has 5 rings (SSSR count). The fourth-order valence-electron chi connectivity index (χ4n) is 4.51. The Bertz CT molecular complexity index is 1540. The number of aryl methyl sites for hydroxylation is 1. The predicted molar refractivity (Wildman–Crippen MR) is 131 cm³/mol. The van der Waals surface area contributed by atoms with Gasteiger partial charge < -0.3 is 9.73 Å².